The van der Waals surface area contributed by atoms with Crippen molar-refractivity contribution in [2.75, 3.05) is 18.0 Å². The smallest absolute Gasteiger partial charge is 0.408 e. The van der Waals surface area contributed by atoms with Crippen LogP contribution in [0.1, 0.15) is 53.9 Å². The van der Waals surface area contributed by atoms with Crippen molar-refractivity contribution in [1.29, 1.82) is 0 Å². The largest absolute Gasteiger partial charge is 0.443 e. The summed E-state index contributed by atoms with van der Waals surface area (Å²) in [6.45, 7) is 0.685. The first-order valence-corrected chi connectivity index (χ1v) is 12.3. The normalized spacial score (nSPS) is 28.4. The molecule has 1 unspecified atom stereocenters. The molecule has 5 fully saturated rings. The zero-order valence-corrected chi connectivity index (χ0v) is 19.9. The quantitative estimate of drug-likeness (QED) is 0.458. The Balaban J connectivity index is 0.998. The van der Waals surface area contributed by atoms with Gasteiger partial charge < -0.3 is 15.0 Å². The Morgan fingerprint density at radius 2 is 1.68 bits per heavy atom. The number of hydrogen-bond acceptors (Lipinski definition) is 6. The Labute approximate surface area is 211 Å². The fraction of sp³-hybridized carbons (Fsp3) is 0.407. The number of rotatable bonds is 6. The average Bonchev–Trinajstić information content (AvgIpc) is 2.78. The molecule has 3 aliphatic carbocycles. The molecule has 192 valence electrons. The SMILES string of the molecule is O=C1CCC(c2c(F)cc(N3CC(NC(=O)OC45CC(C(=O)c6ccccc6)(C4)C5)C3)cc2F)C(=O)N1. The number of carbonyl (C=O) groups excluding carboxylic acids is 4. The molecule has 7 rings (SSSR count). The van der Waals surface area contributed by atoms with Crippen LogP contribution in [0.4, 0.5) is 19.3 Å². The van der Waals surface area contributed by atoms with Crippen LogP contribution in [0.25, 0.3) is 0 Å². The van der Waals surface area contributed by atoms with Crippen LogP contribution in [0.3, 0.4) is 0 Å². The Kier molecular flexibility index (Phi) is 5.32. The zero-order valence-electron chi connectivity index (χ0n) is 19.9. The predicted molar refractivity (Wildman–Crippen MR) is 127 cm³/mol. The lowest BCUT2D eigenvalue weighted by atomic mass is 9.39. The Hall–Kier alpha value is -3.82. The minimum atomic E-state index is -1.05. The number of nitrogens with zero attached hydrogens (tertiary/aromatic N) is 1. The maximum atomic E-state index is 14.8. The van der Waals surface area contributed by atoms with Gasteiger partial charge in [0, 0.05) is 61.0 Å². The van der Waals surface area contributed by atoms with Crippen LogP contribution in [0.2, 0.25) is 0 Å². The van der Waals surface area contributed by atoms with E-state index in [2.05, 4.69) is 10.6 Å². The van der Waals surface area contributed by atoms with Gasteiger partial charge in [-0.05, 0) is 18.6 Å². The first-order valence-electron chi connectivity index (χ1n) is 12.3. The van der Waals surface area contributed by atoms with E-state index in [9.17, 15) is 28.0 Å². The summed E-state index contributed by atoms with van der Waals surface area (Å²) in [5.41, 5.74) is -0.375. The number of nitrogens with one attached hydrogen (secondary N) is 2. The zero-order chi connectivity index (χ0) is 25.9. The third-order valence-corrected chi connectivity index (χ3v) is 8.03. The molecule has 2 aromatic carbocycles. The molecular formula is C27H25F2N3O5. The molecule has 2 aromatic rings. The first kappa shape index (κ1) is 23.6. The second-order valence-corrected chi connectivity index (χ2v) is 10.7. The molecule has 10 heteroatoms. The summed E-state index contributed by atoms with van der Waals surface area (Å²) >= 11 is 0. The topological polar surface area (TPSA) is 105 Å². The number of benzene rings is 2. The van der Waals surface area contributed by atoms with Crippen molar-refractivity contribution in [3.63, 3.8) is 0 Å². The lowest BCUT2D eigenvalue weighted by Gasteiger charge is -2.67. The minimum Gasteiger partial charge on any atom is -0.443 e. The lowest BCUT2D eigenvalue weighted by Crippen LogP contribution is -2.72. The molecule has 2 heterocycles. The molecule has 0 radical (unpaired) electrons. The van der Waals surface area contributed by atoms with Crippen LogP contribution in [-0.2, 0) is 14.3 Å². The minimum absolute atomic E-state index is 0.0260. The Morgan fingerprint density at radius 1 is 1.03 bits per heavy atom. The summed E-state index contributed by atoms with van der Waals surface area (Å²) in [5.74, 6) is -3.80. The van der Waals surface area contributed by atoms with Crippen molar-refractivity contribution in [2.45, 2.75) is 49.7 Å². The molecule has 1 atom stereocenters. The molecule has 2 saturated heterocycles. The van der Waals surface area contributed by atoms with Crippen molar-refractivity contribution in [2.24, 2.45) is 5.41 Å². The van der Waals surface area contributed by atoms with Gasteiger partial charge in [0.25, 0.3) is 0 Å². The summed E-state index contributed by atoms with van der Waals surface area (Å²) in [7, 11) is 0. The molecule has 8 nitrogen and oxygen atoms in total. The van der Waals surface area contributed by atoms with E-state index >= 15 is 0 Å². The van der Waals surface area contributed by atoms with Crippen LogP contribution in [0.15, 0.2) is 42.5 Å². The van der Waals surface area contributed by atoms with E-state index in [0.717, 1.165) is 0 Å². The monoisotopic (exact) mass is 509 g/mol. The number of ketones is 1. The number of alkyl carbamates (subject to hydrolysis) is 1. The van der Waals surface area contributed by atoms with E-state index in [1.807, 2.05) is 18.2 Å². The van der Waals surface area contributed by atoms with Crippen molar-refractivity contribution in [3.05, 3.63) is 65.2 Å². The number of piperidine rings is 1. The number of hydrogen-bond donors (Lipinski definition) is 2. The Morgan fingerprint density at radius 3 is 2.30 bits per heavy atom. The standard InChI is InChI=1S/C27H25F2N3O5/c28-19-8-17(9-20(29)22(19)18-6-7-21(33)31-24(18)35)32-10-16(11-32)30-25(36)37-27-12-26(13-27,14-27)23(34)15-4-2-1-3-5-15/h1-5,8-9,16,18H,6-7,10-14H2,(H,30,36)(H,31,33,35). The third-order valence-electron chi connectivity index (χ3n) is 8.03. The van der Waals surface area contributed by atoms with Gasteiger partial charge in [0.15, 0.2) is 5.78 Å². The van der Waals surface area contributed by atoms with Gasteiger partial charge in [0.05, 0.1) is 12.0 Å². The fourth-order valence-corrected chi connectivity index (χ4v) is 6.17. The second kappa shape index (κ2) is 8.36. The number of halogens is 2. The molecule has 3 amide bonds. The molecule has 2 aliphatic heterocycles. The van der Waals surface area contributed by atoms with Gasteiger partial charge in [0.2, 0.25) is 11.8 Å². The summed E-state index contributed by atoms with van der Waals surface area (Å²) < 4.78 is 35.2. The van der Waals surface area contributed by atoms with E-state index in [1.165, 1.54) is 12.1 Å². The molecule has 3 saturated carbocycles. The summed E-state index contributed by atoms with van der Waals surface area (Å²) in [4.78, 5) is 50.3. The highest BCUT2D eigenvalue weighted by Crippen LogP contribution is 2.70. The van der Waals surface area contributed by atoms with Crippen LogP contribution in [0.5, 0.6) is 0 Å². The number of imide groups is 1. The van der Waals surface area contributed by atoms with E-state index in [4.69, 9.17) is 4.74 Å². The first-order chi connectivity index (χ1) is 17.7. The maximum absolute atomic E-state index is 14.8. The molecular weight excluding hydrogens is 484 g/mol. The van der Waals surface area contributed by atoms with E-state index < -0.39 is 46.5 Å². The summed E-state index contributed by atoms with van der Waals surface area (Å²) in [6.07, 6.45) is 1.09. The average molecular weight is 510 g/mol. The number of carbonyl (C=O) groups is 4. The van der Waals surface area contributed by atoms with Gasteiger partial charge in [-0.25, -0.2) is 13.6 Å². The van der Waals surface area contributed by atoms with Crippen LogP contribution in [0, 0.1) is 17.0 Å². The number of anilines is 1. The molecule has 2 bridgehead atoms. The van der Waals surface area contributed by atoms with Gasteiger partial charge in [-0.3, -0.25) is 19.7 Å². The number of Topliss-reactive ketones (excluding diaryl/α,β-unsaturated/α-hetero) is 1. The van der Waals surface area contributed by atoms with E-state index in [1.54, 1.807) is 17.0 Å². The highest BCUT2D eigenvalue weighted by molar-refractivity contribution is 6.03. The molecule has 37 heavy (non-hydrogen) atoms. The Bertz CT molecular complexity index is 1280. The van der Waals surface area contributed by atoms with E-state index in [0.29, 0.717) is 43.6 Å². The third kappa shape index (κ3) is 3.95. The van der Waals surface area contributed by atoms with Gasteiger partial charge >= 0.3 is 6.09 Å². The summed E-state index contributed by atoms with van der Waals surface area (Å²) in [5, 5.41) is 4.90. The molecule has 0 aromatic heterocycles. The molecule has 0 spiro atoms. The highest BCUT2D eigenvalue weighted by Gasteiger charge is 2.74. The number of amides is 3. The van der Waals surface area contributed by atoms with Crippen LogP contribution >= 0.6 is 0 Å². The van der Waals surface area contributed by atoms with Crippen molar-refractivity contribution >= 4 is 29.4 Å². The van der Waals surface area contributed by atoms with Crippen LogP contribution < -0.4 is 15.5 Å². The lowest BCUT2D eigenvalue weighted by molar-refractivity contribution is -0.229. The highest BCUT2D eigenvalue weighted by atomic mass is 19.1. The van der Waals surface area contributed by atoms with Crippen molar-refractivity contribution < 1.29 is 32.7 Å². The van der Waals surface area contributed by atoms with Gasteiger partial charge in [0.1, 0.15) is 17.2 Å². The number of ether oxygens (including phenoxy) is 1. The van der Waals surface area contributed by atoms with E-state index in [-0.39, 0.29) is 30.2 Å². The second-order valence-electron chi connectivity index (χ2n) is 10.7. The predicted octanol–water partition coefficient (Wildman–Crippen LogP) is 3.21. The van der Waals surface area contributed by atoms with Crippen molar-refractivity contribution in [1.82, 2.24) is 10.6 Å². The molecule has 5 aliphatic rings. The van der Waals surface area contributed by atoms with Gasteiger partial charge in [-0.1, -0.05) is 30.3 Å². The van der Waals surface area contributed by atoms with Crippen molar-refractivity contribution in [3.8, 4) is 0 Å². The molecule has 2 N–H and O–H groups in total. The van der Waals surface area contributed by atoms with Crippen LogP contribution in [-0.4, -0.2) is 48.4 Å². The fourth-order valence-electron chi connectivity index (χ4n) is 6.17. The van der Waals surface area contributed by atoms with Gasteiger partial charge in [-0.2, -0.15) is 0 Å². The van der Waals surface area contributed by atoms with Gasteiger partial charge in [-0.15, -0.1) is 0 Å². The maximum Gasteiger partial charge on any atom is 0.408 e. The summed E-state index contributed by atoms with van der Waals surface area (Å²) in [6, 6.07) is 11.2.